The molecule has 0 atom stereocenters. The van der Waals surface area contributed by atoms with Crippen LogP contribution in [0.3, 0.4) is 0 Å². The highest BCUT2D eigenvalue weighted by Crippen LogP contribution is 2.34. The molecule has 0 fully saturated rings. The van der Waals surface area contributed by atoms with Gasteiger partial charge in [0.2, 0.25) is 0 Å². The molecular formula is C15H12N4O3. The number of rotatable bonds is 2. The van der Waals surface area contributed by atoms with E-state index in [0.717, 1.165) is 10.9 Å². The molecule has 1 aliphatic rings. The third-order valence-corrected chi connectivity index (χ3v) is 3.35. The summed E-state index contributed by atoms with van der Waals surface area (Å²) in [6.07, 6.45) is 3.13. The lowest BCUT2D eigenvalue weighted by molar-refractivity contribution is 0.102. The van der Waals surface area contributed by atoms with Gasteiger partial charge in [0.1, 0.15) is 18.9 Å². The Balaban J connectivity index is 1.66. The number of aromatic nitrogens is 3. The molecule has 0 radical (unpaired) electrons. The molecule has 0 spiro atoms. The quantitative estimate of drug-likeness (QED) is 0.755. The van der Waals surface area contributed by atoms with Crippen LogP contribution in [0.2, 0.25) is 0 Å². The van der Waals surface area contributed by atoms with Crippen molar-refractivity contribution in [2.45, 2.75) is 0 Å². The Kier molecular flexibility index (Phi) is 2.89. The number of benzene rings is 1. The Labute approximate surface area is 125 Å². The van der Waals surface area contributed by atoms with Crippen LogP contribution < -0.4 is 14.8 Å². The van der Waals surface area contributed by atoms with Gasteiger partial charge in [-0.1, -0.05) is 0 Å². The number of carbonyl (C=O) groups is 1. The molecule has 110 valence electrons. The van der Waals surface area contributed by atoms with Gasteiger partial charge in [-0.25, -0.2) is 0 Å². The first-order valence-electron chi connectivity index (χ1n) is 6.80. The molecule has 2 N–H and O–H groups in total. The molecule has 0 unspecified atom stereocenters. The van der Waals surface area contributed by atoms with Crippen LogP contribution in [-0.4, -0.2) is 34.3 Å². The van der Waals surface area contributed by atoms with Crippen LogP contribution in [0.25, 0.3) is 10.9 Å². The zero-order chi connectivity index (χ0) is 14.9. The molecule has 0 saturated heterocycles. The van der Waals surface area contributed by atoms with Crippen molar-refractivity contribution >= 4 is 22.5 Å². The fraction of sp³-hybridized carbons (Fsp3) is 0.133. The number of anilines is 1. The monoisotopic (exact) mass is 296 g/mol. The fourth-order valence-electron chi connectivity index (χ4n) is 2.31. The highest BCUT2D eigenvalue weighted by atomic mass is 16.6. The summed E-state index contributed by atoms with van der Waals surface area (Å²) in [5, 5.41) is 10.0. The first-order valence-corrected chi connectivity index (χ1v) is 6.80. The lowest BCUT2D eigenvalue weighted by atomic mass is 10.2. The minimum Gasteiger partial charge on any atom is -0.486 e. The van der Waals surface area contributed by atoms with Crippen LogP contribution in [0.1, 0.15) is 10.5 Å². The maximum Gasteiger partial charge on any atom is 0.273 e. The van der Waals surface area contributed by atoms with Crippen molar-refractivity contribution < 1.29 is 14.3 Å². The molecule has 2 aromatic heterocycles. The molecule has 4 rings (SSSR count). The molecule has 1 aromatic carbocycles. The van der Waals surface area contributed by atoms with Gasteiger partial charge < -0.3 is 14.8 Å². The molecule has 0 bridgehead atoms. The predicted molar refractivity (Wildman–Crippen MR) is 79.3 cm³/mol. The van der Waals surface area contributed by atoms with Crippen LogP contribution in [0.15, 0.2) is 36.7 Å². The van der Waals surface area contributed by atoms with Crippen molar-refractivity contribution in [1.82, 2.24) is 15.2 Å². The lowest BCUT2D eigenvalue weighted by Crippen LogP contribution is -2.15. The van der Waals surface area contributed by atoms with Gasteiger partial charge >= 0.3 is 0 Å². The number of fused-ring (bicyclic) bond motifs is 2. The normalized spacial score (nSPS) is 13.1. The summed E-state index contributed by atoms with van der Waals surface area (Å²) in [6.45, 7) is 1.07. The van der Waals surface area contributed by atoms with E-state index >= 15 is 0 Å². The first-order chi connectivity index (χ1) is 10.8. The van der Waals surface area contributed by atoms with Crippen molar-refractivity contribution in [1.29, 1.82) is 0 Å². The van der Waals surface area contributed by atoms with E-state index in [1.165, 1.54) is 6.20 Å². The Hall–Kier alpha value is -3.09. The summed E-state index contributed by atoms with van der Waals surface area (Å²) in [5.41, 5.74) is 1.77. The van der Waals surface area contributed by atoms with Crippen LogP contribution >= 0.6 is 0 Å². The molecule has 1 aliphatic heterocycles. The highest BCUT2D eigenvalue weighted by molar-refractivity contribution is 6.03. The van der Waals surface area contributed by atoms with Gasteiger partial charge in [0.25, 0.3) is 5.91 Å². The number of hydrogen-bond acceptors (Lipinski definition) is 5. The topological polar surface area (TPSA) is 89.1 Å². The summed E-state index contributed by atoms with van der Waals surface area (Å²) in [5.74, 6) is 1.12. The van der Waals surface area contributed by atoms with Crippen LogP contribution in [0.5, 0.6) is 11.5 Å². The van der Waals surface area contributed by atoms with Crippen LogP contribution in [-0.2, 0) is 0 Å². The third kappa shape index (κ3) is 2.22. The van der Waals surface area contributed by atoms with Gasteiger partial charge in [0, 0.05) is 17.6 Å². The second kappa shape index (κ2) is 5.03. The predicted octanol–water partition coefficient (Wildman–Crippen LogP) is 1.98. The average molecular weight is 296 g/mol. The second-order valence-corrected chi connectivity index (χ2v) is 4.84. The number of nitrogens with one attached hydrogen (secondary N) is 2. The molecule has 3 heterocycles. The molecule has 3 aromatic rings. The number of ether oxygens (including phenoxy) is 2. The summed E-state index contributed by atoms with van der Waals surface area (Å²) < 4.78 is 11.1. The summed E-state index contributed by atoms with van der Waals surface area (Å²) in [4.78, 5) is 16.3. The minimum absolute atomic E-state index is 0.267. The SMILES string of the molecule is O=C(Nc1cnc2cc3c(cc2c1)OCCO3)c1ccn[nH]1. The largest absolute Gasteiger partial charge is 0.486 e. The van der Waals surface area contributed by atoms with Crippen molar-refractivity contribution in [2.75, 3.05) is 18.5 Å². The average Bonchev–Trinajstić information content (AvgIpc) is 3.07. The number of hydrogen-bond donors (Lipinski definition) is 2. The molecular weight excluding hydrogens is 284 g/mol. The van der Waals surface area contributed by atoms with E-state index in [9.17, 15) is 4.79 Å². The van der Waals surface area contributed by atoms with E-state index in [0.29, 0.717) is 36.1 Å². The number of amides is 1. The van der Waals surface area contributed by atoms with Crippen molar-refractivity contribution in [3.05, 3.63) is 42.4 Å². The molecule has 0 saturated carbocycles. The van der Waals surface area contributed by atoms with E-state index in [-0.39, 0.29) is 5.91 Å². The Bertz CT molecular complexity index is 845. The fourth-order valence-corrected chi connectivity index (χ4v) is 2.31. The van der Waals surface area contributed by atoms with Crippen LogP contribution in [0, 0.1) is 0 Å². The summed E-state index contributed by atoms with van der Waals surface area (Å²) in [6, 6.07) is 7.15. The highest BCUT2D eigenvalue weighted by Gasteiger charge is 2.14. The Morgan fingerprint density at radius 2 is 2.00 bits per heavy atom. The number of nitrogens with zero attached hydrogens (tertiary/aromatic N) is 2. The first kappa shape index (κ1) is 12.6. The number of H-pyrrole nitrogens is 1. The zero-order valence-corrected chi connectivity index (χ0v) is 11.5. The molecule has 7 heteroatoms. The van der Waals surface area contributed by atoms with Gasteiger partial charge in [-0.3, -0.25) is 14.9 Å². The summed E-state index contributed by atoms with van der Waals surface area (Å²) in [7, 11) is 0. The molecule has 0 aliphatic carbocycles. The maximum atomic E-state index is 12.0. The zero-order valence-electron chi connectivity index (χ0n) is 11.5. The molecule has 22 heavy (non-hydrogen) atoms. The van der Waals surface area contributed by atoms with Gasteiger partial charge in [-0.05, 0) is 18.2 Å². The van der Waals surface area contributed by atoms with E-state index in [2.05, 4.69) is 20.5 Å². The van der Waals surface area contributed by atoms with Crippen molar-refractivity contribution in [3.8, 4) is 11.5 Å². The third-order valence-electron chi connectivity index (χ3n) is 3.35. The van der Waals surface area contributed by atoms with E-state index < -0.39 is 0 Å². The Morgan fingerprint density at radius 3 is 2.77 bits per heavy atom. The number of pyridine rings is 1. The van der Waals surface area contributed by atoms with E-state index in [4.69, 9.17) is 9.47 Å². The van der Waals surface area contributed by atoms with Gasteiger partial charge in [-0.2, -0.15) is 5.10 Å². The van der Waals surface area contributed by atoms with E-state index in [1.54, 1.807) is 12.3 Å². The van der Waals surface area contributed by atoms with Gasteiger partial charge in [-0.15, -0.1) is 0 Å². The van der Waals surface area contributed by atoms with Gasteiger partial charge in [0.05, 0.1) is 17.4 Å². The number of aromatic amines is 1. The van der Waals surface area contributed by atoms with E-state index in [1.807, 2.05) is 18.2 Å². The van der Waals surface area contributed by atoms with Gasteiger partial charge in [0.15, 0.2) is 11.5 Å². The lowest BCUT2D eigenvalue weighted by Gasteiger charge is -2.18. The number of carbonyl (C=O) groups excluding carboxylic acids is 1. The standard InChI is InChI=1S/C15H12N4O3/c20-15(11-1-2-17-19-11)18-10-5-9-6-13-14(22-4-3-21-13)7-12(9)16-8-10/h1-2,5-8H,3-4H2,(H,17,19)(H,18,20). The maximum absolute atomic E-state index is 12.0. The molecule has 7 nitrogen and oxygen atoms in total. The smallest absolute Gasteiger partial charge is 0.273 e. The summed E-state index contributed by atoms with van der Waals surface area (Å²) >= 11 is 0. The van der Waals surface area contributed by atoms with Crippen LogP contribution in [0.4, 0.5) is 5.69 Å². The molecule has 1 amide bonds. The van der Waals surface area contributed by atoms with Crippen molar-refractivity contribution in [2.24, 2.45) is 0 Å². The Morgan fingerprint density at radius 1 is 1.18 bits per heavy atom. The minimum atomic E-state index is -0.267. The second-order valence-electron chi connectivity index (χ2n) is 4.84. The van der Waals surface area contributed by atoms with Crippen molar-refractivity contribution in [3.63, 3.8) is 0 Å².